The molecule has 0 amide bonds. The minimum atomic E-state index is 1.12. The van der Waals surface area contributed by atoms with Crippen LogP contribution >= 0.6 is 15.9 Å². The molecule has 0 saturated heterocycles. The maximum atomic E-state index is 3.98. The molecule has 0 heterocycles. The maximum Gasteiger partial charge on any atom is 0.0462 e. The van der Waals surface area contributed by atoms with Crippen LogP contribution in [0.15, 0.2) is 205 Å². The summed E-state index contributed by atoms with van der Waals surface area (Å²) in [6.45, 7) is 4.24. The molecule has 0 saturated carbocycles. The zero-order valence-electron chi connectivity index (χ0n) is 33.1. The van der Waals surface area contributed by atoms with Crippen molar-refractivity contribution in [1.82, 2.24) is 0 Å². The standard InChI is InChI=1S/C56H43BrN2/c1-40-13-28-50(29-14-40)58(48-9-5-3-6-10-48)52-32-22-42(23-33-52)17-19-44-26-36-54-47(37-44)39-46-27-21-45(38-55(46)56(54)57)20-18-43-24-34-53(35-25-43)59(49-11-7-4-8-12-49)51-30-15-41(2)16-31-51/h3-39H,1-2H3. The van der Waals surface area contributed by atoms with Crippen LogP contribution in [0.1, 0.15) is 33.4 Å². The Kier molecular flexibility index (Phi) is 10.8. The van der Waals surface area contributed by atoms with Crippen molar-refractivity contribution < 1.29 is 0 Å². The molecule has 3 heteroatoms. The SMILES string of the molecule is Cc1ccc(N(c2ccccc2)c2ccc(C=Cc3ccc4c(Br)c5cc(C=Cc6ccc(N(c7ccccc7)c7ccc(C)cc7)cc6)ccc5cc4c3)cc2)cc1. The second-order valence-electron chi connectivity index (χ2n) is 15.0. The normalized spacial score (nSPS) is 11.5. The molecular formula is C56H43BrN2. The Morgan fingerprint density at radius 2 is 0.695 bits per heavy atom. The molecule has 0 N–H and O–H groups in total. The maximum absolute atomic E-state index is 3.98. The Morgan fingerprint density at radius 1 is 0.322 bits per heavy atom. The van der Waals surface area contributed by atoms with Crippen LogP contribution in [0.25, 0.3) is 45.8 Å². The number of nitrogens with zero attached hydrogens (tertiary/aromatic N) is 2. The lowest BCUT2D eigenvalue weighted by atomic mass is 9.99. The number of hydrogen-bond acceptors (Lipinski definition) is 2. The van der Waals surface area contributed by atoms with Crippen molar-refractivity contribution in [1.29, 1.82) is 0 Å². The van der Waals surface area contributed by atoms with Gasteiger partial charge in [-0.2, -0.15) is 0 Å². The number of para-hydroxylation sites is 2. The molecule has 9 rings (SSSR count). The van der Waals surface area contributed by atoms with E-state index in [-0.39, 0.29) is 0 Å². The van der Waals surface area contributed by atoms with Crippen LogP contribution in [0.4, 0.5) is 34.1 Å². The van der Waals surface area contributed by atoms with Crippen molar-refractivity contribution in [2.45, 2.75) is 13.8 Å². The topological polar surface area (TPSA) is 6.48 Å². The number of anilines is 6. The Labute approximate surface area is 355 Å². The molecule has 0 aliphatic heterocycles. The summed E-state index contributed by atoms with van der Waals surface area (Å²) in [5.74, 6) is 0. The van der Waals surface area contributed by atoms with Crippen molar-refractivity contribution in [3.05, 3.63) is 238 Å². The number of benzene rings is 9. The average Bonchev–Trinajstić information content (AvgIpc) is 3.28. The summed E-state index contributed by atoms with van der Waals surface area (Å²) in [5, 5.41) is 4.81. The van der Waals surface area contributed by atoms with Gasteiger partial charge in [0.05, 0.1) is 0 Å². The lowest BCUT2D eigenvalue weighted by molar-refractivity contribution is 1.27. The minimum absolute atomic E-state index is 1.12. The summed E-state index contributed by atoms with van der Waals surface area (Å²) < 4.78 is 1.12. The van der Waals surface area contributed by atoms with Gasteiger partial charge in [0.25, 0.3) is 0 Å². The van der Waals surface area contributed by atoms with Gasteiger partial charge < -0.3 is 9.80 Å². The summed E-state index contributed by atoms with van der Waals surface area (Å²) in [5.41, 5.74) is 13.9. The van der Waals surface area contributed by atoms with Crippen LogP contribution in [-0.4, -0.2) is 0 Å². The fourth-order valence-electron chi connectivity index (χ4n) is 7.60. The van der Waals surface area contributed by atoms with Crippen molar-refractivity contribution in [3.63, 3.8) is 0 Å². The molecule has 284 valence electrons. The first-order chi connectivity index (χ1) is 28.9. The first-order valence-electron chi connectivity index (χ1n) is 20.0. The Morgan fingerprint density at radius 3 is 1.17 bits per heavy atom. The van der Waals surface area contributed by atoms with Gasteiger partial charge in [-0.15, -0.1) is 0 Å². The molecule has 9 aromatic carbocycles. The molecule has 59 heavy (non-hydrogen) atoms. The third-order valence-corrected chi connectivity index (χ3v) is 11.6. The highest BCUT2D eigenvalue weighted by atomic mass is 79.9. The molecule has 0 aliphatic carbocycles. The van der Waals surface area contributed by atoms with E-state index >= 15 is 0 Å². The Hall–Kier alpha value is -6.94. The van der Waals surface area contributed by atoms with Gasteiger partial charge in [-0.05, 0) is 165 Å². The molecular weight excluding hydrogens is 781 g/mol. The first kappa shape index (κ1) is 37.6. The van der Waals surface area contributed by atoms with E-state index in [4.69, 9.17) is 0 Å². The lowest BCUT2D eigenvalue weighted by Gasteiger charge is -2.25. The van der Waals surface area contributed by atoms with E-state index in [0.29, 0.717) is 0 Å². The van der Waals surface area contributed by atoms with Crippen molar-refractivity contribution in [2.75, 3.05) is 9.80 Å². The smallest absolute Gasteiger partial charge is 0.0462 e. The van der Waals surface area contributed by atoms with Gasteiger partial charge in [-0.3, -0.25) is 0 Å². The van der Waals surface area contributed by atoms with Crippen LogP contribution in [0, 0.1) is 13.8 Å². The van der Waals surface area contributed by atoms with E-state index < -0.39 is 0 Å². The molecule has 0 bridgehead atoms. The van der Waals surface area contributed by atoms with Crippen LogP contribution in [0.5, 0.6) is 0 Å². The van der Waals surface area contributed by atoms with E-state index in [1.165, 1.54) is 32.7 Å². The summed E-state index contributed by atoms with van der Waals surface area (Å²) in [6.07, 6.45) is 8.77. The largest absolute Gasteiger partial charge is 0.311 e. The molecule has 0 unspecified atom stereocenters. The van der Waals surface area contributed by atoms with Gasteiger partial charge in [0.15, 0.2) is 0 Å². The zero-order valence-corrected chi connectivity index (χ0v) is 34.7. The zero-order chi connectivity index (χ0) is 40.1. The van der Waals surface area contributed by atoms with E-state index in [1.807, 2.05) is 0 Å². The number of fused-ring (bicyclic) bond motifs is 2. The molecule has 0 radical (unpaired) electrons. The Balaban J connectivity index is 0.920. The first-order valence-corrected chi connectivity index (χ1v) is 20.8. The fourth-order valence-corrected chi connectivity index (χ4v) is 8.30. The summed E-state index contributed by atoms with van der Waals surface area (Å²) >= 11 is 3.98. The van der Waals surface area contributed by atoms with E-state index in [0.717, 1.165) is 60.9 Å². The van der Waals surface area contributed by atoms with Crippen LogP contribution in [0.2, 0.25) is 0 Å². The third-order valence-electron chi connectivity index (χ3n) is 10.8. The van der Waals surface area contributed by atoms with E-state index in [1.54, 1.807) is 0 Å². The second-order valence-corrected chi connectivity index (χ2v) is 15.8. The highest BCUT2D eigenvalue weighted by Crippen LogP contribution is 2.37. The number of rotatable bonds is 10. The van der Waals surface area contributed by atoms with Gasteiger partial charge in [0.2, 0.25) is 0 Å². The van der Waals surface area contributed by atoms with Crippen LogP contribution in [-0.2, 0) is 0 Å². The molecule has 0 atom stereocenters. The van der Waals surface area contributed by atoms with Gasteiger partial charge >= 0.3 is 0 Å². The number of hydrogen-bond donors (Lipinski definition) is 0. The summed E-state index contributed by atoms with van der Waals surface area (Å²) in [7, 11) is 0. The summed E-state index contributed by atoms with van der Waals surface area (Å²) in [6, 6.07) is 71.7. The molecule has 2 nitrogen and oxygen atoms in total. The quantitative estimate of drug-likeness (QED) is 0.100. The molecule has 0 fully saturated rings. The van der Waals surface area contributed by atoms with Crippen molar-refractivity contribution >= 4 is 95.9 Å². The molecule has 9 aromatic rings. The minimum Gasteiger partial charge on any atom is -0.311 e. The fraction of sp³-hybridized carbons (Fsp3) is 0.0357. The van der Waals surface area contributed by atoms with Crippen molar-refractivity contribution in [2.24, 2.45) is 0 Å². The molecule has 0 aromatic heterocycles. The number of aryl methyl sites for hydroxylation is 2. The van der Waals surface area contributed by atoms with Gasteiger partial charge in [-0.25, -0.2) is 0 Å². The second kappa shape index (κ2) is 16.9. The lowest BCUT2D eigenvalue weighted by Crippen LogP contribution is -2.09. The van der Waals surface area contributed by atoms with Crippen LogP contribution in [0.3, 0.4) is 0 Å². The predicted molar refractivity (Wildman–Crippen MR) is 259 cm³/mol. The highest BCUT2D eigenvalue weighted by Gasteiger charge is 2.14. The van der Waals surface area contributed by atoms with Gasteiger partial charge in [0.1, 0.15) is 0 Å². The third kappa shape index (κ3) is 8.39. The van der Waals surface area contributed by atoms with E-state index in [2.05, 4.69) is 264 Å². The highest BCUT2D eigenvalue weighted by molar-refractivity contribution is 9.10. The summed E-state index contributed by atoms with van der Waals surface area (Å²) in [4.78, 5) is 4.59. The average molecular weight is 824 g/mol. The predicted octanol–water partition coefficient (Wildman–Crippen LogP) is 16.7. The Bertz CT molecular complexity index is 2920. The molecule has 0 aliphatic rings. The van der Waals surface area contributed by atoms with Crippen molar-refractivity contribution in [3.8, 4) is 0 Å². The monoisotopic (exact) mass is 822 g/mol. The van der Waals surface area contributed by atoms with E-state index in [9.17, 15) is 0 Å². The van der Waals surface area contributed by atoms with Gasteiger partial charge in [0, 0.05) is 38.6 Å². The number of halogens is 1. The van der Waals surface area contributed by atoms with Crippen LogP contribution < -0.4 is 9.80 Å². The van der Waals surface area contributed by atoms with Gasteiger partial charge in [-0.1, -0.05) is 145 Å². The molecule has 0 spiro atoms.